The van der Waals surface area contributed by atoms with Gasteiger partial charge >= 0.3 is 0 Å². The third kappa shape index (κ3) is 3.22. The van der Waals surface area contributed by atoms with E-state index in [-0.39, 0.29) is 5.78 Å². The van der Waals surface area contributed by atoms with Gasteiger partial charge < -0.3 is 4.90 Å². The van der Waals surface area contributed by atoms with Crippen molar-refractivity contribution in [2.24, 2.45) is 0 Å². The maximum Gasteiger partial charge on any atom is 0.187 e. The fraction of sp³-hybridized carbons (Fsp3) is 0.438. The molecule has 0 bridgehead atoms. The third-order valence-electron chi connectivity index (χ3n) is 3.53. The second-order valence-corrected chi connectivity index (χ2v) is 5.06. The summed E-state index contributed by atoms with van der Waals surface area (Å²) < 4.78 is 0. The van der Waals surface area contributed by atoms with Crippen LogP contribution in [0.25, 0.3) is 0 Å². The number of likely N-dealkylation sites (tertiary alicyclic amines) is 1. The molecule has 0 unspecified atom stereocenters. The fourth-order valence-electron chi connectivity index (χ4n) is 2.33. The molecule has 0 amide bonds. The van der Waals surface area contributed by atoms with Gasteiger partial charge in [0.2, 0.25) is 0 Å². The predicted octanol–water partition coefficient (Wildman–Crippen LogP) is 3.57. The van der Waals surface area contributed by atoms with Gasteiger partial charge in [-0.15, -0.1) is 0 Å². The zero-order valence-electron chi connectivity index (χ0n) is 11.3. The van der Waals surface area contributed by atoms with E-state index in [9.17, 15) is 4.79 Å². The molecule has 0 aromatic heterocycles. The molecule has 1 heterocycles. The summed E-state index contributed by atoms with van der Waals surface area (Å²) in [6, 6.07) is 7.77. The van der Waals surface area contributed by atoms with Crippen LogP contribution < -0.4 is 0 Å². The Morgan fingerprint density at radius 3 is 2.33 bits per heavy atom. The Kier molecular flexibility index (Phi) is 4.19. The van der Waals surface area contributed by atoms with Crippen molar-refractivity contribution in [2.45, 2.75) is 33.1 Å². The lowest BCUT2D eigenvalue weighted by Crippen LogP contribution is -2.28. The average Bonchev–Trinajstić information content (AvgIpc) is 2.40. The van der Waals surface area contributed by atoms with Gasteiger partial charge in [-0.3, -0.25) is 4.79 Å². The van der Waals surface area contributed by atoms with Crippen LogP contribution in [0.2, 0.25) is 0 Å². The Labute approximate surface area is 109 Å². The van der Waals surface area contributed by atoms with Gasteiger partial charge in [0.25, 0.3) is 0 Å². The summed E-state index contributed by atoms with van der Waals surface area (Å²) in [6.45, 7) is 6.24. The molecule has 2 rings (SSSR count). The first-order chi connectivity index (χ1) is 8.66. The summed E-state index contributed by atoms with van der Waals surface area (Å²) in [7, 11) is 0. The molecular formula is C16H21NO. The van der Waals surface area contributed by atoms with Crippen LogP contribution in [0.4, 0.5) is 0 Å². The average molecular weight is 243 g/mol. The molecular weight excluding hydrogens is 222 g/mol. The highest BCUT2D eigenvalue weighted by molar-refractivity contribution is 6.04. The number of ketones is 1. The molecule has 1 aromatic rings. The highest BCUT2D eigenvalue weighted by atomic mass is 16.1. The number of rotatable bonds is 3. The SMILES string of the molecule is CC(=CC(=O)c1ccc(C)cc1)N1CCCCC1. The largest absolute Gasteiger partial charge is 0.375 e. The maximum atomic E-state index is 12.1. The Hall–Kier alpha value is -1.57. The molecule has 2 nitrogen and oxygen atoms in total. The van der Waals surface area contributed by atoms with E-state index in [4.69, 9.17) is 0 Å². The zero-order valence-corrected chi connectivity index (χ0v) is 11.3. The smallest absolute Gasteiger partial charge is 0.187 e. The van der Waals surface area contributed by atoms with Gasteiger partial charge in [0.05, 0.1) is 0 Å². The van der Waals surface area contributed by atoms with E-state index in [2.05, 4.69) is 4.90 Å². The molecule has 1 aliphatic rings. The van der Waals surface area contributed by atoms with Crippen LogP contribution in [-0.2, 0) is 0 Å². The molecule has 0 aliphatic carbocycles. The van der Waals surface area contributed by atoms with Gasteiger partial charge in [0.15, 0.2) is 5.78 Å². The van der Waals surface area contributed by atoms with Crippen LogP contribution >= 0.6 is 0 Å². The number of allylic oxidation sites excluding steroid dienone is 2. The van der Waals surface area contributed by atoms with Gasteiger partial charge in [-0.1, -0.05) is 29.8 Å². The molecule has 0 saturated carbocycles. The van der Waals surface area contributed by atoms with Crippen LogP contribution in [0.5, 0.6) is 0 Å². The monoisotopic (exact) mass is 243 g/mol. The van der Waals surface area contributed by atoms with E-state index in [0.717, 1.165) is 24.4 Å². The minimum Gasteiger partial charge on any atom is -0.375 e. The summed E-state index contributed by atoms with van der Waals surface area (Å²) >= 11 is 0. The molecule has 0 N–H and O–H groups in total. The lowest BCUT2D eigenvalue weighted by Gasteiger charge is -2.29. The zero-order chi connectivity index (χ0) is 13.0. The van der Waals surface area contributed by atoms with Gasteiger partial charge in [-0.25, -0.2) is 0 Å². The number of hydrogen-bond donors (Lipinski definition) is 0. The van der Waals surface area contributed by atoms with Crippen molar-refractivity contribution in [1.29, 1.82) is 0 Å². The molecule has 18 heavy (non-hydrogen) atoms. The molecule has 1 aliphatic heterocycles. The molecule has 2 heteroatoms. The lowest BCUT2D eigenvalue weighted by atomic mass is 10.1. The standard InChI is InChI=1S/C16H21NO/c1-13-6-8-15(9-7-13)16(18)12-14(2)17-10-4-3-5-11-17/h6-9,12H,3-5,10-11H2,1-2H3. The van der Waals surface area contributed by atoms with Crippen LogP contribution in [0.15, 0.2) is 36.0 Å². The second-order valence-electron chi connectivity index (χ2n) is 5.06. The minimum atomic E-state index is 0.109. The fourth-order valence-corrected chi connectivity index (χ4v) is 2.33. The molecule has 96 valence electrons. The Balaban J connectivity index is 2.06. The summed E-state index contributed by atoms with van der Waals surface area (Å²) in [5, 5.41) is 0. The van der Waals surface area contributed by atoms with Gasteiger partial charge in [0, 0.05) is 30.4 Å². The predicted molar refractivity (Wildman–Crippen MR) is 74.7 cm³/mol. The summed E-state index contributed by atoms with van der Waals surface area (Å²) in [6.07, 6.45) is 5.57. The number of hydrogen-bond acceptors (Lipinski definition) is 2. The lowest BCUT2D eigenvalue weighted by molar-refractivity contribution is 0.104. The Morgan fingerprint density at radius 1 is 1.11 bits per heavy atom. The summed E-state index contributed by atoms with van der Waals surface area (Å²) in [5.74, 6) is 0.109. The van der Waals surface area contributed by atoms with E-state index in [1.165, 1.54) is 24.8 Å². The van der Waals surface area contributed by atoms with Crippen molar-refractivity contribution in [3.05, 3.63) is 47.2 Å². The van der Waals surface area contributed by atoms with Crippen LogP contribution in [0.3, 0.4) is 0 Å². The molecule has 0 radical (unpaired) electrons. The number of aryl methyl sites for hydroxylation is 1. The number of carbonyl (C=O) groups is 1. The molecule has 0 atom stereocenters. The van der Waals surface area contributed by atoms with Crippen molar-refractivity contribution in [1.82, 2.24) is 4.90 Å². The normalized spacial score (nSPS) is 16.8. The van der Waals surface area contributed by atoms with E-state index in [0.29, 0.717) is 0 Å². The summed E-state index contributed by atoms with van der Waals surface area (Å²) in [5.41, 5.74) is 3.06. The van der Waals surface area contributed by atoms with E-state index in [1.807, 2.05) is 38.1 Å². The van der Waals surface area contributed by atoms with Gasteiger partial charge in [0.1, 0.15) is 0 Å². The van der Waals surface area contributed by atoms with Gasteiger partial charge in [-0.2, -0.15) is 0 Å². The molecule has 0 spiro atoms. The number of carbonyl (C=O) groups excluding carboxylic acids is 1. The highest BCUT2D eigenvalue weighted by Gasteiger charge is 2.11. The second kappa shape index (κ2) is 5.85. The third-order valence-corrected chi connectivity index (χ3v) is 3.53. The van der Waals surface area contributed by atoms with Gasteiger partial charge in [-0.05, 0) is 33.1 Å². The van der Waals surface area contributed by atoms with Crippen molar-refractivity contribution in [2.75, 3.05) is 13.1 Å². The highest BCUT2D eigenvalue weighted by Crippen LogP contribution is 2.15. The van der Waals surface area contributed by atoms with E-state index < -0.39 is 0 Å². The molecule has 1 aromatic carbocycles. The first kappa shape index (κ1) is 12.9. The first-order valence-corrected chi connectivity index (χ1v) is 6.71. The Morgan fingerprint density at radius 2 is 1.72 bits per heavy atom. The quantitative estimate of drug-likeness (QED) is 0.597. The number of piperidine rings is 1. The molecule has 1 fully saturated rings. The summed E-state index contributed by atoms with van der Waals surface area (Å²) in [4.78, 5) is 14.4. The number of nitrogens with zero attached hydrogens (tertiary/aromatic N) is 1. The van der Waals surface area contributed by atoms with Crippen molar-refractivity contribution < 1.29 is 4.79 Å². The number of benzene rings is 1. The van der Waals surface area contributed by atoms with Crippen molar-refractivity contribution in [3.63, 3.8) is 0 Å². The minimum absolute atomic E-state index is 0.109. The van der Waals surface area contributed by atoms with Crippen LogP contribution in [0, 0.1) is 6.92 Å². The van der Waals surface area contributed by atoms with E-state index >= 15 is 0 Å². The van der Waals surface area contributed by atoms with Crippen molar-refractivity contribution >= 4 is 5.78 Å². The van der Waals surface area contributed by atoms with Crippen molar-refractivity contribution in [3.8, 4) is 0 Å². The molecule has 1 saturated heterocycles. The maximum absolute atomic E-state index is 12.1. The topological polar surface area (TPSA) is 20.3 Å². The van der Waals surface area contributed by atoms with Crippen LogP contribution in [0.1, 0.15) is 42.1 Å². The first-order valence-electron chi connectivity index (χ1n) is 6.71. The Bertz CT molecular complexity index is 439. The van der Waals surface area contributed by atoms with Crippen LogP contribution in [-0.4, -0.2) is 23.8 Å². The van der Waals surface area contributed by atoms with E-state index in [1.54, 1.807) is 6.08 Å².